The number of aromatic nitrogens is 2. The van der Waals surface area contributed by atoms with Crippen LogP contribution in [0.3, 0.4) is 0 Å². The maximum atomic E-state index is 13.0. The van der Waals surface area contributed by atoms with Crippen molar-refractivity contribution in [2.24, 2.45) is 0 Å². The first-order chi connectivity index (χ1) is 13.4. The Hall–Kier alpha value is -2.57. The molecule has 5 nitrogen and oxygen atoms in total. The Bertz CT molecular complexity index is 1320. The topological polar surface area (TPSA) is 52.8 Å². The molecule has 7 heteroatoms. The number of fused-ring (bicyclic) bond motifs is 3. The van der Waals surface area contributed by atoms with Gasteiger partial charge in [0.1, 0.15) is 0 Å². The summed E-state index contributed by atoms with van der Waals surface area (Å²) in [6, 6.07) is 7.61. The van der Waals surface area contributed by atoms with Crippen molar-refractivity contribution in [3.8, 4) is 11.5 Å². The molecule has 4 aromatic rings. The highest BCUT2D eigenvalue weighted by Crippen LogP contribution is 2.36. The van der Waals surface area contributed by atoms with Crippen LogP contribution in [0.2, 0.25) is 5.02 Å². The van der Waals surface area contributed by atoms with Crippen molar-refractivity contribution in [1.82, 2.24) is 9.38 Å². The molecule has 2 aromatic carbocycles. The maximum Gasteiger partial charge on any atom is 0.274 e. The quantitative estimate of drug-likeness (QED) is 0.503. The summed E-state index contributed by atoms with van der Waals surface area (Å²) < 4.78 is 13.2. The first-order valence-corrected chi connectivity index (χ1v) is 10.1. The van der Waals surface area contributed by atoms with E-state index in [1.165, 1.54) is 11.3 Å². The van der Waals surface area contributed by atoms with Crippen LogP contribution in [0.25, 0.3) is 22.1 Å². The van der Waals surface area contributed by atoms with Gasteiger partial charge in [0, 0.05) is 0 Å². The van der Waals surface area contributed by atoms with E-state index in [9.17, 15) is 4.79 Å². The lowest BCUT2D eigenvalue weighted by Gasteiger charge is -2.11. The molecule has 0 aliphatic heterocycles. The zero-order valence-electron chi connectivity index (χ0n) is 16.0. The minimum atomic E-state index is -0.0882. The SMILES string of the molecule is CCOc1c(Cl)cc(/C=c2\sc3nc4cc(C)c(C)cc4n3c2=O)cc1OC. The lowest BCUT2D eigenvalue weighted by atomic mass is 10.1. The summed E-state index contributed by atoms with van der Waals surface area (Å²) in [7, 11) is 1.56. The van der Waals surface area contributed by atoms with Crippen LogP contribution in [0.1, 0.15) is 23.6 Å². The van der Waals surface area contributed by atoms with E-state index in [1.807, 2.05) is 39.0 Å². The van der Waals surface area contributed by atoms with Crippen LogP contribution in [-0.4, -0.2) is 23.1 Å². The largest absolute Gasteiger partial charge is 0.493 e. The molecule has 0 aliphatic carbocycles. The van der Waals surface area contributed by atoms with Crippen LogP contribution in [-0.2, 0) is 0 Å². The van der Waals surface area contributed by atoms with Gasteiger partial charge in [0.05, 0.1) is 34.3 Å². The molecule has 0 fully saturated rings. The van der Waals surface area contributed by atoms with Crippen molar-refractivity contribution in [2.75, 3.05) is 13.7 Å². The fourth-order valence-electron chi connectivity index (χ4n) is 3.18. The molecule has 0 radical (unpaired) electrons. The number of thiazole rings is 1. The minimum Gasteiger partial charge on any atom is -0.493 e. The smallest absolute Gasteiger partial charge is 0.274 e. The van der Waals surface area contributed by atoms with Gasteiger partial charge < -0.3 is 9.47 Å². The molecule has 0 amide bonds. The predicted octanol–water partition coefficient (Wildman–Crippen LogP) is 4.13. The van der Waals surface area contributed by atoms with E-state index in [2.05, 4.69) is 4.98 Å². The third kappa shape index (κ3) is 3.02. The van der Waals surface area contributed by atoms with Gasteiger partial charge in [0.2, 0.25) is 0 Å². The summed E-state index contributed by atoms with van der Waals surface area (Å²) in [4.78, 5) is 18.3. The first-order valence-electron chi connectivity index (χ1n) is 8.87. The van der Waals surface area contributed by atoms with Gasteiger partial charge in [-0.3, -0.25) is 4.79 Å². The second-order valence-electron chi connectivity index (χ2n) is 6.54. The summed E-state index contributed by atoms with van der Waals surface area (Å²) in [6.07, 6.45) is 1.80. The van der Waals surface area contributed by atoms with Crippen molar-refractivity contribution < 1.29 is 9.47 Å². The molecule has 0 spiro atoms. The molecule has 2 heterocycles. The fourth-order valence-corrected chi connectivity index (χ4v) is 4.44. The summed E-state index contributed by atoms with van der Waals surface area (Å²) in [5.41, 5.74) is 4.64. The van der Waals surface area contributed by atoms with Gasteiger partial charge in [0.15, 0.2) is 16.5 Å². The zero-order chi connectivity index (χ0) is 20.0. The molecule has 144 valence electrons. The molecule has 0 saturated carbocycles. The van der Waals surface area contributed by atoms with Crippen molar-refractivity contribution in [3.63, 3.8) is 0 Å². The Morgan fingerprint density at radius 2 is 1.96 bits per heavy atom. The van der Waals surface area contributed by atoms with Crippen LogP contribution in [0.4, 0.5) is 0 Å². The van der Waals surface area contributed by atoms with Crippen LogP contribution in [0.5, 0.6) is 11.5 Å². The van der Waals surface area contributed by atoms with Crippen LogP contribution >= 0.6 is 22.9 Å². The van der Waals surface area contributed by atoms with E-state index >= 15 is 0 Å². The highest BCUT2D eigenvalue weighted by Gasteiger charge is 2.14. The van der Waals surface area contributed by atoms with Gasteiger partial charge in [-0.1, -0.05) is 22.9 Å². The molecule has 0 aliphatic rings. The second-order valence-corrected chi connectivity index (χ2v) is 7.95. The monoisotopic (exact) mass is 414 g/mol. The molecule has 0 unspecified atom stereocenters. The highest BCUT2D eigenvalue weighted by molar-refractivity contribution is 7.15. The van der Waals surface area contributed by atoms with E-state index in [4.69, 9.17) is 21.1 Å². The summed E-state index contributed by atoms with van der Waals surface area (Å²) in [5, 5.41) is 0.442. The van der Waals surface area contributed by atoms with Crippen LogP contribution in [0.15, 0.2) is 29.1 Å². The number of aryl methyl sites for hydroxylation is 2. The van der Waals surface area contributed by atoms with Gasteiger partial charge >= 0.3 is 0 Å². The van der Waals surface area contributed by atoms with E-state index in [-0.39, 0.29) is 5.56 Å². The summed E-state index contributed by atoms with van der Waals surface area (Å²) >= 11 is 7.71. The third-order valence-electron chi connectivity index (χ3n) is 4.69. The molecule has 0 atom stereocenters. The fraction of sp³-hybridized carbons (Fsp3) is 0.238. The Morgan fingerprint density at radius 1 is 1.21 bits per heavy atom. The molecule has 0 saturated heterocycles. The molecule has 4 rings (SSSR count). The van der Waals surface area contributed by atoms with Crippen molar-refractivity contribution in [2.45, 2.75) is 20.8 Å². The third-order valence-corrected chi connectivity index (χ3v) is 5.94. The molecule has 0 N–H and O–H groups in total. The molecular weight excluding hydrogens is 396 g/mol. The Labute approximate surface area is 170 Å². The van der Waals surface area contributed by atoms with Crippen molar-refractivity contribution >= 4 is 45.0 Å². The average molecular weight is 415 g/mol. The van der Waals surface area contributed by atoms with Crippen LogP contribution < -0.4 is 19.6 Å². The zero-order valence-corrected chi connectivity index (χ0v) is 17.6. The van der Waals surface area contributed by atoms with E-state index in [0.29, 0.717) is 32.6 Å². The number of ether oxygens (including phenoxy) is 2. The highest BCUT2D eigenvalue weighted by atomic mass is 35.5. The van der Waals surface area contributed by atoms with Crippen LogP contribution in [0, 0.1) is 13.8 Å². The molecular formula is C21H19ClN2O3S. The Kier molecular flexibility index (Phi) is 4.77. The lowest BCUT2D eigenvalue weighted by Crippen LogP contribution is -2.22. The number of benzene rings is 2. The van der Waals surface area contributed by atoms with Crippen molar-refractivity contribution in [3.05, 3.63) is 60.9 Å². The molecule has 0 bridgehead atoms. The molecule has 2 aromatic heterocycles. The first kappa shape index (κ1) is 18.8. The van der Waals surface area contributed by atoms with Gasteiger partial charge in [-0.05, 0) is 67.8 Å². The number of methoxy groups -OCH3 is 1. The number of hydrogen-bond donors (Lipinski definition) is 0. The number of imidazole rings is 1. The predicted molar refractivity (Wildman–Crippen MR) is 114 cm³/mol. The summed E-state index contributed by atoms with van der Waals surface area (Å²) in [5.74, 6) is 1.04. The van der Waals surface area contributed by atoms with E-state index in [1.54, 1.807) is 23.7 Å². The van der Waals surface area contributed by atoms with Gasteiger partial charge in [0.25, 0.3) is 5.56 Å². The van der Waals surface area contributed by atoms with Gasteiger partial charge in [-0.15, -0.1) is 0 Å². The average Bonchev–Trinajstić information content (AvgIpc) is 3.14. The minimum absolute atomic E-state index is 0.0882. The Balaban J connectivity index is 1.91. The second kappa shape index (κ2) is 7.11. The van der Waals surface area contributed by atoms with Crippen molar-refractivity contribution in [1.29, 1.82) is 0 Å². The molecule has 28 heavy (non-hydrogen) atoms. The van der Waals surface area contributed by atoms with E-state index in [0.717, 1.165) is 27.7 Å². The number of nitrogens with zero attached hydrogens (tertiary/aromatic N) is 2. The number of halogens is 1. The standard InChI is InChI=1S/C21H19ClN2O3S/c1-5-27-19-14(22)8-13(9-17(19)26-4)10-18-20(25)24-16-7-12(3)11(2)6-15(16)23-21(24)28-18/h6-10H,5H2,1-4H3/b18-10-. The van der Waals surface area contributed by atoms with Gasteiger partial charge in [-0.25, -0.2) is 9.38 Å². The number of hydrogen-bond acceptors (Lipinski definition) is 5. The Morgan fingerprint density at radius 3 is 2.68 bits per heavy atom. The van der Waals surface area contributed by atoms with E-state index < -0.39 is 0 Å². The summed E-state index contributed by atoms with van der Waals surface area (Å²) in [6.45, 7) is 6.45. The maximum absolute atomic E-state index is 13.0. The normalized spacial score (nSPS) is 12.2. The lowest BCUT2D eigenvalue weighted by molar-refractivity contribution is 0.311. The van der Waals surface area contributed by atoms with Gasteiger partial charge in [-0.2, -0.15) is 0 Å². The number of rotatable bonds is 4.